The number of aromatic nitrogens is 2. The monoisotopic (exact) mass is 293 g/mol. The molecule has 0 bridgehead atoms. The molecule has 2 atom stereocenters. The van der Waals surface area contributed by atoms with Crippen LogP contribution in [-0.4, -0.2) is 32.9 Å². The highest BCUT2D eigenvalue weighted by Crippen LogP contribution is 2.21. The molecule has 0 aromatic carbocycles. The van der Waals surface area contributed by atoms with Crippen LogP contribution in [0.4, 0.5) is 0 Å². The smallest absolute Gasteiger partial charge is 0.269 e. The van der Waals surface area contributed by atoms with E-state index in [-0.39, 0.29) is 18.0 Å². The van der Waals surface area contributed by atoms with E-state index in [9.17, 15) is 9.90 Å². The fraction of sp³-hybridized carbons (Fsp3) is 0.750. The second kappa shape index (κ2) is 7.07. The van der Waals surface area contributed by atoms with Gasteiger partial charge in [-0.25, -0.2) is 0 Å². The molecular weight excluding hydrogens is 266 g/mol. The Hall–Kier alpha value is -1.36. The molecule has 1 saturated carbocycles. The molecule has 1 amide bonds. The third-order valence-electron chi connectivity index (χ3n) is 4.42. The van der Waals surface area contributed by atoms with E-state index >= 15 is 0 Å². The van der Waals surface area contributed by atoms with E-state index in [1.807, 2.05) is 17.7 Å². The van der Waals surface area contributed by atoms with Crippen molar-refractivity contribution in [2.24, 2.45) is 0 Å². The van der Waals surface area contributed by atoms with Crippen LogP contribution in [0.3, 0.4) is 0 Å². The molecule has 0 radical (unpaired) electrons. The van der Waals surface area contributed by atoms with Crippen LogP contribution in [-0.2, 0) is 0 Å². The number of carbonyl (C=O) groups is 1. The van der Waals surface area contributed by atoms with Crippen LogP contribution in [0.25, 0.3) is 0 Å². The minimum atomic E-state index is -0.423. The lowest BCUT2D eigenvalue weighted by molar-refractivity contribution is 0.0707. The molecule has 0 aliphatic heterocycles. The zero-order valence-corrected chi connectivity index (χ0v) is 13.3. The normalized spacial score (nSPS) is 22.5. The third-order valence-corrected chi connectivity index (χ3v) is 4.42. The average molecular weight is 293 g/mol. The Bertz CT molecular complexity index is 480. The number of aliphatic hydroxyl groups is 1. The van der Waals surface area contributed by atoms with Crippen LogP contribution in [0.1, 0.15) is 74.6 Å². The molecule has 21 heavy (non-hydrogen) atoms. The lowest BCUT2D eigenvalue weighted by Gasteiger charge is -2.28. The Morgan fingerprint density at radius 3 is 2.71 bits per heavy atom. The molecule has 1 heterocycles. The van der Waals surface area contributed by atoms with Crippen molar-refractivity contribution in [2.45, 2.75) is 77.5 Å². The summed E-state index contributed by atoms with van der Waals surface area (Å²) in [6.45, 7) is 6.13. The molecule has 1 aliphatic carbocycles. The maximum Gasteiger partial charge on any atom is 0.269 e. The average Bonchev–Trinajstić information content (AvgIpc) is 2.85. The molecule has 5 nitrogen and oxygen atoms in total. The van der Waals surface area contributed by atoms with Gasteiger partial charge < -0.3 is 10.4 Å². The summed E-state index contributed by atoms with van der Waals surface area (Å²) in [5.74, 6) is -0.117. The van der Waals surface area contributed by atoms with Gasteiger partial charge in [-0.3, -0.25) is 9.48 Å². The number of hydrogen-bond donors (Lipinski definition) is 2. The van der Waals surface area contributed by atoms with Gasteiger partial charge in [0.2, 0.25) is 0 Å². The van der Waals surface area contributed by atoms with Gasteiger partial charge in [0.1, 0.15) is 5.69 Å². The molecule has 0 spiro atoms. The number of hydrogen-bond acceptors (Lipinski definition) is 3. The van der Waals surface area contributed by atoms with E-state index in [0.717, 1.165) is 44.2 Å². The van der Waals surface area contributed by atoms with Crippen molar-refractivity contribution < 1.29 is 9.90 Å². The van der Waals surface area contributed by atoms with Crippen molar-refractivity contribution in [1.29, 1.82) is 0 Å². The standard InChI is InChI=1S/C16H27N3O2/c1-4-12(5-2)19-14(10-11(3)18-19)16(21)17-13-8-6-7-9-15(13)20/h10,12-13,15,20H,4-9H2,1-3H3,(H,17,21). The van der Waals surface area contributed by atoms with Crippen molar-refractivity contribution in [3.05, 3.63) is 17.5 Å². The van der Waals surface area contributed by atoms with Crippen LogP contribution in [0.15, 0.2) is 6.07 Å². The minimum absolute atomic E-state index is 0.117. The molecule has 1 aliphatic rings. The molecule has 0 saturated heterocycles. The van der Waals surface area contributed by atoms with Gasteiger partial charge >= 0.3 is 0 Å². The number of aliphatic hydroxyl groups excluding tert-OH is 1. The Kier molecular flexibility index (Phi) is 5.39. The fourth-order valence-electron chi connectivity index (χ4n) is 3.12. The fourth-order valence-corrected chi connectivity index (χ4v) is 3.12. The summed E-state index contributed by atoms with van der Waals surface area (Å²) in [6, 6.07) is 1.95. The van der Waals surface area contributed by atoms with Crippen LogP contribution in [0.5, 0.6) is 0 Å². The van der Waals surface area contributed by atoms with Gasteiger partial charge in [0.15, 0.2) is 0 Å². The van der Waals surface area contributed by atoms with Crippen molar-refractivity contribution in [2.75, 3.05) is 0 Å². The first-order chi connectivity index (χ1) is 10.1. The topological polar surface area (TPSA) is 67.2 Å². The van der Waals surface area contributed by atoms with Gasteiger partial charge in [-0.1, -0.05) is 26.7 Å². The predicted octanol–water partition coefficient (Wildman–Crippen LogP) is 2.59. The zero-order chi connectivity index (χ0) is 15.4. The van der Waals surface area contributed by atoms with E-state index < -0.39 is 6.10 Å². The zero-order valence-electron chi connectivity index (χ0n) is 13.3. The number of aryl methyl sites for hydroxylation is 1. The second-order valence-electron chi connectivity index (χ2n) is 6.02. The molecule has 118 valence electrons. The Labute approximate surface area is 126 Å². The van der Waals surface area contributed by atoms with Crippen molar-refractivity contribution in [3.8, 4) is 0 Å². The summed E-state index contributed by atoms with van der Waals surface area (Å²) in [4.78, 5) is 12.5. The quantitative estimate of drug-likeness (QED) is 0.877. The first-order valence-corrected chi connectivity index (χ1v) is 8.11. The van der Waals surface area contributed by atoms with Crippen LogP contribution in [0, 0.1) is 6.92 Å². The highest BCUT2D eigenvalue weighted by molar-refractivity contribution is 5.93. The summed E-state index contributed by atoms with van der Waals surface area (Å²) in [7, 11) is 0. The number of carbonyl (C=O) groups excluding carboxylic acids is 1. The van der Waals surface area contributed by atoms with Gasteiger partial charge in [0, 0.05) is 0 Å². The van der Waals surface area contributed by atoms with Crippen molar-refractivity contribution >= 4 is 5.91 Å². The number of nitrogens with zero attached hydrogens (tertiary/aromatic N) is 2. The SMILES string of the molecule is CCC(CC)n1nc(C)cc1C(=O)NC1CCCCC1O. The molecule has 2 rings (SSSR count). The van der Waals surface area contributed by atoms with E-state index in [0.29, 0.717) is 5.69 Å². The van der Waals surface area contributed by atoms with Crippen LogP contribution >= 0.6 is 0 Å². The van der Waals surface area contributed by atoms with E-state index in [1.165, 1.54) is 0 Å². The van der Waals surface area contributed by atoms with Crippen molar-refractivity contribution in [3.63, 3.8) is 0 Å². The largest absolute Gasteiger partial charge is 0.391 e. The second-order valence-corrected chi connectivity index (χ2v) is 6.02. The summed E-state index contributed by atoms with van der Waals surface area (Å²) < 4.78 is 1.85. The minimum Gasteiger partial charge on any atom is -0.391 e. The van der Waals surface area contributed by atoms with Crippen LogP contribution in [0.2, 0.25) is 0 Å². The molecule has 1 aromatic heterocycles. The molecule has 1 aromatic rings. The van der Waals surface area contributed by atoms with E-state index in [2.05, 4.69) is 24.3 Å². The Balaban J connectivity index is 2.15. The van der Waals surface area contributed by atoms with Gasteiger partial charge in [0.05, 0.1) is 23.9 Å². The summed E-state index contributed by atoms with van der Waals surface area (Å²) in [5, 5.41) is 17.5. The highest BCUT2D eigenvalue weighted by Gasteiger charge is 2.27. The number of rotatable bonds is 5. The molecule has 5 heteroatoms. The van der Waals surface area contributed by atoms with E-state index in [1.54, 1.807) is 0 Å². The molecular formula is C16H27N3O2. The first-order valence-electron chi connectivity index (χ1n) is 8.11. The number of nitrogens with one attached hydrogen (secondary N) is 1. The summed E-state index contributed by atoms with van der Waals surface area (Å²) in [5.41, 5.74) is 1.47. The third kappa shape index (κ3) is 3.64. The first kappa shape index (κ1) is 16.0. The highest BCUT2D eigenvalue weighted by atomic mass is 16.3. The van der Waals surface area contributed by atoms with Gasteiger partial charge in [-0.05, 0) is 38.7 Å². The summed E-state index contributed by atoms with van der Waals surface area (Å²) >= 11 is 0. The predicted molar refractivity (Wildman–Crippen MR) is 82.3 cm³/mol. The maximum absolute atomic E-state index is 12.5. The number of amides is 1. The lowest BCUT2D eigenvalue weighted by Crippen LogP contribution is -2.45. The molecule has 1 fully saturated rings. The van der Waals surface area contributed by atoms with E-state index in [4.69, 9.17) is 0 Å². The molecule has 2 N–H and O–H groups in total. The van der Waals surface area contributed by atoms with Crippen molar-refractivity contribution in [1.82, 2.24) is 15.1 Å². The Morgan fingerprint density at radius 2 is 2.10 bits per heavy atom. The van der Waals surface area contributed by atoms with Crippen LogP contribution < -0.4 is 5.32 Å². The summed E-state index contributed by atoms with van der Waals surface area (Å²) in [6.07, 6.45) is 5.20. The maximum atomic E-state index is 12.5. The lowest BCUT2D eigenvalue weighted by atomic mass is 9.92. The Morgan fingerprint density at radius 1 is 1.43 bits per heavy atom. The van der Waals surface area contributed by atoms with Gasteiger partial charge in [0.25, 0.3) is 5.91 Å². The molecule has 2 unspecified atom stereocenters. The van der Waals surface area contributed by atoms with Gasteiger partial charge in [-0.15, -0.1) is 0 Å². The van der Waals surface area contributed by atoms with Gasteiger partial charge in [-0.2, -0.15) is 5.10 Å².